The van der Waals surface area contributed by atoms with Crippen LogP contribution in [0.2, 0.25) is 5.02 Å². The molecule has 0 fully saturated rings. The molecule has 15 heavy (non-hydrogen) atoms. The molecule has 0 unspecified atom stereocenters. The van der Waals surface area contributed by atoms with Gasteiger partial charge in [-0.15, -0.1) is 11.6 Å². The van der Waals surface area contributed by atoms with Crippen LogP contribution in [0.1, 0.15) is 19.4 Å². The Morgan fingerprint density at radius 3 is 2.53 bits per heavy atom. The summed E-state index contributed by atoms with van der Waals surface area (Å²) in [7, 11) is 1.60. The fourth-order valence-electron chi connectivity index (χ4n) is 0.994. The lowest BCUT2D eigenvalue weighted by Crippen LogP contribution is -2.04. The van der Waals surface area contributed by atoms with Gasteiger partial charge in [0.05, 0.1) is 17.5 Å². The molecule has 0 saturated carbocycles. The Labute approximate surface area is 100 Å². The first-order valence-corrected chi connectivity index (χ1v) is 5.23. The highest BCUT2D eigenvalue weighted by atomic mass is 35.5. The second-order valence-corrected chi connectivity index (χ2v) is 4.95. The molecule has 0 atom stereocenters. The van der Waals surface area contributed by atoms with Gasteiger partial charge in [-0.2, -0.15) is 0 Å². The van der Waals surface area contributed by atoms with Crippen LogP contribution in [0.5, 0.6) is 5.75 Å². The molecule has 0 bridgehead atoms. The summed E-state index contributed by atoms with van der Waals surface area (Å²) in [6.07, 6.45) is 0. The minimum atomic E-state index is -0.548. The van der Waals surface area contributed by atoms with E-state index in [1.54, 1.807) is 25.3 Å². The van der Waals surface area contributed by atoms with Gasteiger partial charge in [-0.1, -0.05) is 23.4 Å². The van der Waals surface area contributed by atoms with Crippen molar-refractivity contribution in [1.82, 2.24) is 0 Å². The van der Waals surface area contributed by atoms with E-state index in [-0.39, 0.29) is 0 Å². The van der Waals surface area contributed by atoms with Crippen molar-refractivity contribution in [2.75, 3.05) is 7.11 Å². The highest BCUT2D eigenvalue weighted by molar-refractivity contribution is 6.30. The number of hydrogen-bond donors (Lipinski definition) is 0. The van der Waals surface area contributed by atoms with E-state index in [0.717, 1.165) is 5.56 Å². The molecule has 80 valence electrons. The van der Waals surface area contributed by atoms with Crippen LogP contribution in [0.3, 0.4) is 0 Å². The van der Waals surface area contributed by atoms with Crippen molar-refractivity contribution in [3.8, 4) is 17.6 Å². The van der Waals surface area contributed by atoms with E-state index in [1.807, 2.05) is 13.8 Å². The first-order chi connectivity index (χ1) is 6.92. The van der Waals surface area contributed by atoms with E-state index >= 15 is 0 Å². The lowest BCUT2D eigenvalue weighted by molar-refractivity contribution is 0.413. The summed E-state index contributed by atoms with van der Waals surface area (Å²) in [5.41, 5.74) is 0.749. The molecule has 1 aromatic carbocycles. The zero-order valence-corrected chi connectivity index (χ0v) is 10.4. The largest absolute Gasteiger partial charge is 0.495 e. The van der Waals surface area contributed by atoms with Gasteiger partial charge in [0.25, 0.3) is 0 Å². The number of rotatable bonds is 1. The molecule has 0 heterocycles. The number of methoxy groups -OCH3 is 1. The quantitative estimate of drug-likeness (QED) is 0.539. The van der Waals surface area contributed by atoms with Crippen molar-refractivity contribution in [3.05, 3.63) is 28.8 Å². The van der Waals surface area contributed by atoms with Gasteiger partial charge in [0.2, 0.25) is 0 Å². The van der Waals surface area contributed by atoms with Crippen LogP contribution in [0.15, 0.2) is 18.2 Å². The van der Waals surface area contributed by atoms with Crippen LogP contribution < -0.4 is 4.74 Å². The third-order valence-electron chi connectivity index (χ3n) is 1.66. The minimum absolute atomic E-state index is 0.548. The van der Waals surface area contributed by atoms with Gasteiger partial charge < -0.3 is 4.74 Å². The number of hydrogen-bond acceptors (Lipinski definition) is 1. The first-order valence-electron chi connectivity index (χ1n) is 4.48. The molecule has 0 aliphatic heterocycles. The molecule has 0 N–H and O–H groups in total. The van der Waals surface area contributed by atoms with Crippen molar-refractivity contribution in [2.45, 2.75) is 18.7 Å². The van der Waals surface area contributed by atoms with E-state index in [1.165, 1.54) is 0 Å². The third-order valence-corrected chi connectivity index (χ3v) is 1.99. The summed E-state index contributed by atoms with van der Waals surface area (Å²) in [5, 5.41) is 0.632. The Bertz CT molecular complexity index is 408. The van der Waals surface area contributed by atoms with E-state index in [4.69, 9.17) is 27.9 Å². The number of benzene rings is 1. The van der Waals surface area contributed by atoms with Crippen molar-refractivity contribution < 1.29 is 4.74 Å². The Balaban J connectivity index is 3.11. The summed E-state index contributed by atoms with van der Waals surface area (Å²) in [6, 6.07) is 5.31. The monoisotopic (exact) mass is 242 g/mol. The summed E-state index contributed by atoms with van der Waals surface area (Å²) < 4.78 is 5.16. The molecule has 0 saturated heterocycles. The van der Waals surface area contributed by atoms with Crippen LogP contribution in [-0.4, -0.2) is 12.0 Å². The lowest BCUT2D eigenvalue weighted by atomic mass is 10.1. The molecule has 1 aromatic rings. The minimum Gasteiger partial charge on any atom is -0.495 e. The maximum atomic E-state index is 5.97. The molecule has 0 radical (unpaired) electrons. The topological polar surface area (TPSA) is 9.23 Å². The fourth-order valence-corrected chi connectivity index (χ4v) is 1.21. The van der Waals surface area contributed by atoms with Gasteiger partial charge in [0.1, 0.15) is 5.75 Å². The van der Waals surface area contributed by atoms with Crippen LogP contribution >= 0.6 is 23.2 Å². The maximum Gasteiger partial charge on any atom is 0.134 e. The van der Waals surface area contributed by atoms with Gasteiger partial charge in [0.15, 0.2) is 0 Å². The summed E-state index contributed by atoms with van der Waals surface area (Å²) >= 11 is 11.8. The molecular formula is C12H12Cl2O. The fraction of sp³-hybridized carbons (Fsp3) is 0.333. The molecule has 0 aromatic heterocycles. The van der Waals surface area contributed by atoms with Gasteiger partial charge in [-0.3, -0.25) is 0 Å². The zero-order valence-electron chi connectivity index (χ0n) is 8.90. The lowest BCUT2D eigenvalue weighted by Gasteiger charge is -2.06. The number of ether oxygens (including phenoxy) is 1. The van der Waals surface area contributed by atoms with E-state index in [9.17, 15) is 0 Å². The van der Waals surface area contributed by atoms with Crippen molar-refractivity contribution >= 4 is 23.2 Å². The number of halogens is 2. The van der Waals surface area contributed by atoms with Gasteiger partial charge >= 0.3 is 0 Å². The standard InChI is InChI=1S/C12H12Cl2O/c1-12(2,14)7-6-9-8-10(13)4-5-11(9)15-3/h4-5,8H,1-3H3. The first kappa shape index (κ1) is 12.2. The average Bonchev–Trinajstić information content (AvgIpc) is 2.14. The Hall–Kier alpha value is -0.840. The zero-order chi connectivity index (χ0) is 11.5. The third kappa shape index (κ3) is 4.03. The Morgan fingerprint density at radius 1 is 1.33 bits per heavy atom. The Kier molecular flexibility index (Phi) is 3.90. The van der Waals surface area contributed by atoms with E-state index < -0.39 is 4.87 Å². The average molecular weight is 243 g/mol. The molecule has 0 aliphatic carbocycles. The number of alkyl halides is 1. The maximum absolute atomic E-state index is 5.97. The van der Waals surface area contributed by atoms with Crippen molar-refractivity contribution in [1.29, 1.82) is 0 Å². The predicted molar refractivity (Wildman–Crippen MR) is 64.8 cm³/mol. The molecule has 0 aliphatic rings. The van der Waals surface area contributed by atoms with Gasteiger partial charge in [-0.05, 0) is 32.0 Å². The van der Waals surface area contributed by atoms with E-state index in [0.29, 0.717) is 10.8 Å². The second kappa shape index (κ2) is 4.79. The summed E-state index contributed by atoms with van der Waals surface area (Å²) in [5.74, 6) is 6.57. The predicted octanol–water partition coefficient (Wildman–Crippen LogP) is 3.72. The molecule has 0 amide bonds. The highest BCUT2D eigenvalue weighted by Crippen LogP contribution is 2.22. The van der Waals surface area contributed by atoms with Gasteiger partial charge in [-0.25, -0.2) is 0 Å². The summed E-state index contributed by atoms with van der Waals surface area (Å²) in [4.78, 5) is -0.548. The molecule has 3 heteroatoms. The highest BCUT2D eigenvalue weighted by Gasteiger charge is 2.08. The smallest absolute Gasteiger partial charge is 0.134 e. The molecular weight excluding hydrogens is 231 g/mol. The van der Waals surface area contributed by atoms with Gasteiger partial charge in [0, 0.05) is 5.02 Å². The molecule has 0 spiro atoms. The van der Waals surface area contributed by atoms with Crippen LogP contribution in [0.4, 0.5) is 0 Å². The van der Waals surface area contributed by atoms with Crippen LogP contribution in [0.25, 0.3) is 0 Å². The van der Waals surface area contributed by atoms with E-state index in [2.05, 4.69) is 11.8 Å². The van der Waals surface area contributed by atoms with Crippen LogP contribution in [-0.2, 0) is 0 Å². The second-order valence-electron chi connectivity index (χ2n) is 3.57. The van der Waals surface area contributed by atoms with Crippen LogP contribution in [0, 0.1) is 11.8 Å². The van der Waals surface area contributed by atoms with Crippen molar-refractivity contribution in [2.24, 2.45) is 0 Å². The SMILES string of the molecule is COc1ccc(Cl)cc1C#CC(C)(C)Cl. The molecule has 1 nitrogen and oxygen atoms in total. The summed E-state index contributed by atoms with van der Waals surface area (Å²) in [6.45, 7) is 3.66. The normalized spacial score (nSPS) is 10.5. The Morgan fingerprint density at radius 2 is 2.00 bits per heavy atom. The molecule has 1 rings (SSSR count). The van der Waals surface area contributed by atoms with Crippen molar-refractivity contribution in [3.63, 3.8) is 0 Å².